The van der Waals surface area contributed by atoms with Crippen LogP contribution in [0.4, 0.5) is 0 Å². The first-order valence-electron chi connectivity index (χ1n) is 6.50. The van der Waals surface area contributed by atoms with Gasteiger partial charge in [0.1, 0.15) is 0 Å². The van der Waals surface area contributed by atoms with Crippen LogP contribution in [-0.2, 0) is 4.79 Å². The second kappa shape index (κ2) is 1.49. The van der Waals surface area contributed by atoms with Crippen LogP contribution in [0.15, 0.2) is 0 Å². The molecule has 78 valence electrons. The predicted octanol–water partition coefficient (Wildman–Crippen LogP) is 1.47. The highest BCUT2D eigenvalue weighted by molar-refractivity contribution is 5.79. The van der Waals surface area contributed by atoms with E-state index in [9.17, 15) is 9.90 Å². The number of carbonyl (C=O) groups is 1. The van der Waals surface area contributed by atoms with E-state index in [0.717, 1.165) is 47.8 Å². The van der Waals surface area contributed by atoms with Crippen LogP contribution in [-0.4, -0.2) is 11.1 Å². The van der Waals surface area contributed by atoms with E-state index < -0.39 is 5.97 Å². The minimum Gasteiger partial charge on any atom is -0.481 e. The third kappa shape index (κ3) is 0.357. The largest absolute Gasteiger partial charge is 0.481 e. The predicted molar refractivity (Wildman–Crippen MR) is 50.7 cm³/mol. The van der Waals surface area contributed by atoms with Gasteiger partial charge >= 0.3 is 5.97 Å². The van der Waals surface area contributed by atoms with E-state index in [0.29, 0.717) is 11.8 Å². The quantitative estimate of drug-likeness (QED) is 0.699. The van der Waals surface area contributed by atoms with Crippen molar-refractivity contribution in [2.45, 2.75) is 12.8 Å². The van der Waals surface area contributed by atoms with Crippen molar-refractivity contribution in [1.82, 2.24) is 0 Å². The van der Waals surface area contributed by atoms with E-state index in [1.165, 1.54) is 6.42 Å². The number of rotatable bonds is 1. The van der Waals surface area contributed by atoms with Crippen molar-refractivity contribution in [1.29, 1.82) is 0 Å². The molecule has 1 N–H and O–H groups in total. The van der Waals surface area contributed by atoms with Crippen LogP contribution in [0.5, 0.6) is 0 Å². The van der Waals surface area contributed by atoms with Crippen molar-refractivity contribution in [2.75, 3.05) is 0 Å². The number of hydrogen-bond acceptors (Lipinski definition) is 1. The highest BCUT2D eigenvalue weighted by atomic mass is 16.4. The Bertz CT molecular complexity index is 434. The average Bonchev–Trinajstić information content (AvgIpc) is 2.70. The van der Waals surface area contributed by atoms with E-state index in [4.69, 9.17) is 0 Å². The Morgan fingerprint density at radius 1 is 1.00 bits per heavy atom. The lowest BCUT2D eigenvalue weighted by Crippen LogP contribution is -2.47. The molecule has 0 spiro atoms. The summed E-state index contributed by atoms with van der Waals surface area (Å²) in [6.07, 6.45) is 2.50. The fourth-order valence-electron chi connectivity index (χ4n) is 8.28. The van der Waals surface area contributed by atoms with Crippen LogP contribution in [0.2, 0.25) is 0 Å². The van der Waals surface area contributed by atoms with Crippen LogP contribution in [0, 0.1) is 58.7 Å². The first kappa shape index (κ1) is 6.93. The Kier molecular flexibility index (Phi) is 0.689. The van der Waals surface area contributed by atoms with Crippen molar-refractivity contribution in [3.05, 3.63) is 0 Å². The first-order chi connectivity index (χ1) is 7.27. The maximum atomic E-state index is 11.7. The monoisotopic (exact) mass is 202 g/mol. The lowest BCUT2D eigenvalue weighted by Gasteiger charge is -2.46. The van der Waals surface area contributed by atoms with Crippen LogP contribution in [0.1, 0.15) is 12.8 Å². The van der Waals surface area contributed by atoms with Crippen LogP contribution >= 0.6 is 0 Å². The molecule has 0 radical (unpaired) electrons. The molecule has 0 aromatic carbocycles. The summed E-state index contributed by atoms with van der Waals surface area (Å²) in [5.41, 5.74) is -0.197. The highest BCUT2D eigenvalue weighted by Gasteiger charge is 2.92. The van der Waals surface area contributed by atoms with E-state index >= 15 is 0 Å². The zero-order chi connectivity index (χ0) is 9.69. The van der Waals surface area contributed by atoms with Crippen molar-refractivity contribution < 1.29 is 9.90 Å². The molecule has 4 unspecified atom stereocenters. The lowest BCUT2D eigenvalue weighted by molar-refractivity contribution is -0.156. The van der Waals surface area contributed by atoms with Crippen LogP contribution < -0.4 is 0 Å². The Balaban J connectivity index is 1.75. The molecule has 0 heterocycles. The second-order valence-corrected chi connectivity index (χ2v) is 7.14. The molecule has 2 heteroatoms. The second-order valence-electron chi connectivity index (χ2n) is 7.14. The van der Waals surface area contributed by atoms with Gasteiger partial charge in [-0.3, -0.25) is 4.79 Å². The van der Waals surface area contributed by atoms with Gasteiger partial charge in [-0.25, -0.2) is 0 Å². The van der Waals surface area contributed by atoms with Gasteiger partial charge in [0.25, 0.3) is 0 Å². The van der Waals surface area contributed by atoms with Gasteiger partial charge in [0, 0.05) is 0 Å². The minimum atomic E-state index is -0.416. The summed E-state index contributed by atoms with van der Waals surface area (Å²) in [4.78, 5) is 11.7. The van der Waals surface area contributed by atoms with Crippen molar-refractivity contribution >= 4 is 5.97 Å². The molecular weight excluding hydrogens is 188 g/mol. The molecule has 2 nitrogen and oxygen atoms in total. The molecule has 15 heavy (non-hydrogen) atoms. The zero-order valence-electron chi connectivity index (χ0n) is 8.47. The standard InChI is InChI=1S/C13H14O2/c14-12(15)13-2-5-6-3-1-4(10(6)13)8-7(3)9(5)11(8)13/h3-11H,1-2H2,(H,14,15)/t3-,4?,5-,6-,7+,8?,9+,10?,11?,13-/m1/s1. The summed E-state index contributed by atoms with van der Waals surface area (Å²) < 4.78 is 0. The highest BCUT2D eigenvalue weighted by Crippen LogP contribution is 2.94. The van der Waals surface area contributed by atoms with Gasteiger partial charge in [-0.2, -0.15) is 0 Å². The maximum Gasteiger partial charge on any atom is 0.310 e. The number of carboxylic acid groups (broad SMARTS) is 1. The molecule has 0 aromatic heterocycles. The topological polar surface area (TPSA) is 37.3 Å². The van der Waals surface area contributed by atoms with Crippen molar-refractivity contribution in [2.24, 2.45) is 58.7 Å². The summed E-state index contributed by atoms with van der Waals surface area (Å²) in [6.45, 7) is 0. The third-order valence-electron chi connectivity index (χ3n) is 7.77. The summed E-state index contributed by atoms with van der Waals surface area (Å²) in [5.74, 6) is 7.20. The molecule has 7 rings (SSSR count). The van der Waals surface area contributed by atoms with E-state index in [1.807, 2.05) is 0 Å². The van der Waals surface area contributed by atoms with E-state index in [-0.39, 0.29) is 5.41 Å². The normalized spacial score (nSPS) is 82.3. The molecule has 7 aliphatic carbocycles. The van der Waals surface area contributed by atoms with Gasteiger partial charge in [0.05, 0.1) is 5.41 Å². The minimum absolute atomic E-state index is 0.197. The van der Waals surface area contributed by atoms with Gasteiger partial charge < -0.3 is 5.11 Å². The molecule has 7 aliphatic rings. The summed E-state index contributed by atoms with van der Waals surface area (Å²) in [5, 5.41) is 9.68. The van der Waals surface area contributed by atoms with Gasteiger partial charge in [0.2, 0.25) is 0 Å². The van der Waals surface area contributed by atoms with Gasteiger partial charge in [0.15, 0.2) is 0 Å². The molecule has 0 amide bonds. The first-order valence-corrected chi connectivity index (χ1v) is 6.50. The lowest BCUT2D eigenvalue weighted by atomic mass is 9.57. The third-order valence-corrected chi connectivity index (χ3v) is 7.77. The van der Waals surface area contributed by atoms with E-state index in [2.05, 4.69) is 0 Å². The molecule has 0 aromatic rings. The van der Waals surface area contributed by atoms with E-state index in [1.54, 1.807) is 0 Å². The SMILES string of the molecule is O=C(O)[C@]12C[C@@H]3[C@@H]4C1C1C[C@H]4[C@H]4C1C2[C@@H]34. The van der Waals surface area contributed by atoms with Crippen molar-refractivity contribution in [3.8, 4) is 0 Å². The van der Waals surface area contributed by atoms with Crippen molar-refractivity contribution in [3.63, 3.8) is 0 Å². The molecule has 4 bridgehead atoms. The number of aliphatic carboxylic acids is 1. The Labute approximate surface area is 88.0 Å². The smallest absolute Gasteiger partial charge is 0.310 e. The zero-order valence-corrected chi connectivity index (χ0v) is 8.47. The molecule has 7 saturated carbocycles. The molecule has 0 saturated heterocycles. The number of carboxylic acids is 1. The summed E-state index contributed by atoms with van der Waals surface area (Å²) >= 11 is 0. The molecule has 7 fully saturated rings. The number of hydrogen-bond donors (Lipinski definition) is 1. The maximum absolute atomic E-state index is 11.7. The molecule has 10 atom stereocenters. The average molecular weight is 202 g/mol. The van der Waals surface area contributed by atoms with Gasteiger partial charge in [-0.05, 0) is 66.1 Å². The summed E-state index contributed by atoms with van der Waals surface area (Å²) in [7, 11) is 0. The summed E-state index contributed by atoms with van der Waals surface area (Å²) in [6, 6.07) is 0. The molecule has 0 aliphatic heterocycles. The Morgan fingerprint density at radius 2 is 1.80 bits per heavy atom. The Morgan fingerprint density at radius 3 is 2.60 bits per heavy atom. The molecular formula is C13H14O2. The van der Waals surface area contributed by atoms with Crippen LogP contribution in [0.3, 0.4) is 0 Å². The Hall–Kier alpha value is -0.530. The van der Waals surface area contributed by atoms with Crippen LogP contribution in [0.25, 0.3) is 0 Å². The van der Waals surface area contributed by atoms with Gasteiger partial charge in [-0.1, -0.05) is 0 Å². The fourth-order valence-corrected chi connectivity index (χ4v) is 8.28. The van der Waals surface area contributed by atoms with Gasteiger partial charge in [-0.15, -0.1) is 0 Å². The fraction of sp³-hybridized carbons (Fsp3) is 0.923.